The molecule has 0 heterocycles. The molecule has 0 aromatic heterocycles. The van der Waals surface area contributed by atoms with E-state index in [1.807, 2.05) is 0 Å². The van der Waals surface area contributed by atoms with Crippen molar-refractivity contribution in [2.45, 2.75) is 79.1 Å². The zero-order valence-electron chi connectivity index (χ0n) is 20.0. The van der Waals surface area contributed by atoms with Gasteiger partial charge in [0.2, 0.25) is 0 Å². The van der Waals surface area contributed by atoms with Crippen LogP contribution in [-0.2, 0) is 45.4 Å². The summed E-state index contributed by atoms with van der Waals surface area (Å²) in [5, 5.41) is 49.2. The van der Waals surface area contributed by atoms with Crippen LogP contribution in [0.15, 0.2) is 23.3 Å². The minimum absolute atomic E-state index is 0. The van der Waals surface area contributed by atoms with Crippen molar-refractivity contribution in [3.63, 3.8) is 0 Å². The normalized spacial score (nSPS) is 10.0. The van der Waals surface area contributed by atoms with Gasteiger partial charge in [0.25, 0.3) is 0 Å². The Morgan fingerprint density at radius 3 is 1.03 bits per heavy atom. The standard InChI is InChI=1S/2C7H10O4.2C4H10O.Zr/c2*1-5(7(10)11)3-2-4-6(8)9;2*1-2-3-4-5;/h2*3H,2,4H2,1H3,(H,8,9)(H,10,11);2*5H,2-4H2,1H3;. The SMILES string of the molecule is CC(=CCCC(=O)O)C(=O)O.CC(=CCCC(=O)O)C(=O)O.CCCCO.CCCCO.[Zr]. The number of hydrogen-bond donors (Lipinski definition) is 6. The van der Waals surface area contributed by atoms with Crippen molar-refractivity contribution in [3.05, 3.63) is 23.3 Å². The molecule has 0 saturated carbocycles. The molecular weight excluding hydrogens is 515 g/mol. The van der Waals surface area contributed by atoms with Crippen molar-refractivity contribution >= 4 is 23.9 Å². The van der Waals surface area contributed by atoms with Crippen LogP contribution in [0.5, 0.6) is 0 Å². The Morgan fingerprint density at radius 1 is 0.636 bits per heavy atom. The van der Waals surface area contributed by atoms with Crippen LogP contribution in [-0.4, -0.2) is 67.7 Å². The van der Waals surface area contributed by atoms with Crippen LogP contribution >= 0.6 is 0 Å². The summed E-state index contributed by atoms with van der Waals surface area (Å²) < 4.78 is 0. The van der Waals surface area contributed by atoms with Crippen LogP contribution in [0.4, 0.5) is 0 Å². The fraction of sp³-hybridized carbons (Fsp3) is 0.636. The van der Waals surface area contributed by atoms with E-state index < -0.39 is 23.9 Å². The third kappa shape index (κ3) is 48.7. The number of unbranched alkanes of at least 4 members (excludes halogenated alkanes) is 2. The summed E-state index contributed by atoms with van der Waals surface area (Å²) in [6.07, 6.45) is 7.37. The van der Waals surface area contributed by atoms with Crippen molar-refractivity contribution in [2.75, 3.05) is 13.2 Å². The van der Waals surface area contributed by atoms with Crippen LogP contribution in [0.3, 0.4) is 0 Å². The smallest absolute Gasteiger partial charge is 0.330 e. The van der Waals surface area contributed by atoms with E-state index in [1.165, 1.54) is 26.0 Å². The van der Waals surface area contributed by atoms with Crippen LogP contribution < -0.4 is 0 Å². The van der Waals surface area contributed by atoms with Gasteiger partial charge >= 0.3 is 23.9 Å². The molecular formula is C22H40O10Zr. The van der Waals surface area contributed by atoms with Gasteiger partial charge in [0.1, 0.15) is 0 Å². The summed E-state index contributed by atoms with van der Waals surface area (Å²) in [6.45, 7) is 7.66. The number of rotatable bonds is 12. The van der Waals surface area contributed by atoms with Gasteiger partial charge in [-0.3, -0.25) is 9.59 Å². The summed E-state index contributed by atoms with van der Waals surface area (Å²) >= 11 is 0. The van der Waals surface area contributed by atoms with E-state index in [0.717, 1.165) is 25.7 Å². The number of hydrogen-bond acceptors (Lipinski definition) is 6. The molecule has 0 aromatic carbocycles. The van der Waals surface area contributed by atoms with E-state index in [1.54, 1.807) is 0 Å². The monoisotopic (exact) mass is 554 g/mol. The van der Waals surface area contributed by atoms with Gasteiger partial charge in [-0.2, -0.15) is 0 Å². The Morgan fingerprint density at radius 2 is 0.909 bits per heavy atom. The maximum atomic E-state index is 10.2. The molecule has 0 bridgehead atoms. The van der Waals surface area contributed by atoms with Crippen molar-refractivity contribution in [2.24, 2.45) is 0 Å². The van der Waals surface area contributed by atoms with Gasteiger partial charge in [0.05, 0.1) is 0 Å². The van der Waals surface area contributed by atoms with Crippen LogP contribution in [0.2, 0.25) is 0 Å². The molecule has 0 radical (unpaired) electrons. The Balaban J connectivity index is -0.000000112. The van der Waals surface area contributed by atoms with Crippen molar-refractivity contribution in [1.82, 2.24) is 0 Å². The maximum Gasteiger partial charge on any atom is 0.330 e. The molecule has 11 heteroatoms. The van der Waals surface area contributed by atoms with Gasteiger partial charge < -0.3 is 30.6 Å². The van der Waals surface area contributed by atoms with Gasteiger partial charge in [-0.05, 0) is 39.5 Å². The van der Waals surface area contributed by atoms with Crippen molar-refractivity contribution in [1.29, 1.82) is 0 Å². The molecule has 0 aliphatic heterocycles. The molecule has 10 nitrogen and oxygen atoms in total. The molecule has 0 atom stereocenters. The molecule has 0 amide bonds. The number of aliphatic hydroxyl groups is 2. The summed E-state index contributed by atoms with van der Waals surface area (Å²) in [4.78, 5) is 40.3. The number of aliphatic carboxylic acids is 4. The first kappa shape index (κ1) is 41.4. The molecule has 192 valence electrons. The Bertz CT molecular complexity index is 518. The van der Waals surface area contributed by atoms with E-state index in [2.05, 4.69) is 13.8 Å². The largest absolute Gasteiger partial charge is 0.481 e. The van der Waals surface area contributed by atoms with E-state index in [9.17, 15) is 19.2 Å². The minimum atomic E-state index is -1.00. The second-order valence-corrected chi connectivity index (χ2v) is 6.40. The van der Waals surface area contributed by atoms with Crippen LogP contribution in [0, 0.1) is 0 Å². The Hall–Kier alpha value is -1.84. The second kappa shape index (κ2) is 32.3. The maximum absolute atomic E-state index is 10.2. The first-order valence-corrected chi connectivity index (χ1v) is 10.4. The third-order valence-corrected chi connectivity index (χ3v) is 3.32. The van der Waals surface area contributed by atoms with Gasteiger partial charge in [-0.25, -0.2) is 9.59 Å². The number of allylic oxidation sites excluding steroid dienone is 2. The van der Waals surface area contributed by atoms with Crippen molar-refractivity contribution < 1.29 is 76.0 Å². The zero-order chi connectivity index (χ0) is 25.9. The van der Waals surface area contributed by atoms with E-state index in [4.69, 9.17) is 30.6 Å². The number of carboxylic acids is 4. The number of aliphatic hydroxyl groups excluding tert-OH is 2. The van der Waals surface area contributed by atoms with Gasteiger partial charge in [0, 0.05) is 63.4 Å². The first-order chi connectivity index (χ1) is 14.9. The minimum Gasteiger partial charge on any atom is -0.481 e. The molecule has 0 fully saturated rings. The van der Waals surface area contributed by atoms with Crippen molar-refractivity contribution in [3.8, 4) is 0 Å². The molecule has 6 N–H and O–H groups in total. The summed E-state index contributed by atoms with van der Waals surface area (Å²) in [5.74, 6) is -3.84. The van der Waals surface area contributed by atoms with E-state index in [-0.39, 0.29) is 63.0 Å². The fourth-order valence-corrected chi connectivity index (χ4v) is 1.32. The van der Waals surface area contributed by atoms with E-state index >= 15 is 0 Å². The molecule has 0 saturated heterocycles. The summed E-state index contributed by atoms with van der Waals surface area (Å²) in [7, 11) is 0. The van der Waals surface area contributed by atoms with Crippen LogP contribution in [0.25, 0.3) is 0 Å². The Kier molecular flexibility index (Phi) is 40.6. The molecule has 0 rings (SSSR count). The fourth-order valence-electron chi connectivity index (χ4n) is 1.32. The zero-order valence-corrected chi connectivity index (χ0v) is 22.5. The molecule has 0 aliphatic rings. The molecule has 0 aliphatic carbocycles. The number of carbonyl (C=O) groups is 4. The van der Waals surface area contributed by atoms with Crippen LogP contribution in [0.1, 0.15) is 79.1 Å². The molecule has 0 unspecified atom stereocenters. The number of carboxylic acid groups (broad SMARTS) is 4. The topological polar surface area (TPSA) is 190 Å². The second-order valence-electron chi connectivity index (χ2n) is 6.40. The molecule has 33 heavy (non-hydrogen) atoms. The van der Waals surface area contributed by atoms with Gasteiger partial charge in [0.15, 0.2) is 0 Å². The molecule has 0 aromatic rings. The average molecular weight is 556 g/mol. The average Bonchev–Trinajstić information content (AvgIpc) is 2.69. The van der Waals surface area contributed by atoms with E-state index in [0.29, 0.717) is 13.2 Å². The summed E-state index contributed by atoms with van der Waals surface area (Å²) in [5.41, 5.74) is 0.373. The predicted octanol–water partition coefficient (Wildman–Crippen LogP) is 3.32. The van der Waals surface area contributed by atoms with Gasteiger partial charge in [-0.1, -0.05) is 38.8 Å². The molecule has 0 spiro atoms. The van der Waals surface area contributed by atoms with Gasteiger partial charge in [-0.15, -0.1) is 0 Å². The predicted molar refractivity (Wildman–Crippen MR) is 121 cm³/mol. The Labute approximate surface area is 215 Å². The summed E-state index contributed by atoms with van der Waals surface area (Å²) in [6, 6.07) is 0. The first-order valence-electron chi connectivity index (χ1n) is 10.4. The third-order valence-electron chi connectivity index (χ3n) is 3.32. The quantitative estimate of drug-likeness (QED) is 0.195.